The molecule has 24 heavy (non-hydrogen) atoms. The predicted octanol–water partition coefficient (Wildman–Crippen LogP) is 1.49. The summed E-state index contributed by atoms with van der Waals surface area (Å²) in [5, 5.41) is 16.4. The van der Waals surface area contributed by atoms with E-state index in [1.54, 1.807) is 13.8 Å². The molecule has 0 aromatic heterocycles. The second-order valence-electron chi connectivity index (χ2n) is 6.37. The monoisotopic (exact) mass is 355 g/mol. The summed E-state index contributed by atoms with van der Waals surface area (Å²) in [7, 11) is -3.19. The quantitative estimate of drug-likeness (QED) is 0.485. The van der Waals surface area contributed by atoms with E-state index in [0.717, 1.165) is 5.56 Å². The number of sulfone groups is 1. The summed E-state index contributed by atoms with van der Waals surface area (Å²) >= 11 is 0. The number of hydrogen-bond acceptors (Lipinski definition) is 4. The van der Waals surface area contributed by atoms with Gasteiger partial charge in [-0.05, 0) is 32.8 Å². The molecule has 1 aromatic rings. The van der Waals surface area contributed by atoms with Gasteiger partial charge < -0.3 is 15.7 Å². The lowest BCUT2D eigenvalue weighted by Crippen LogP contribution is -2.41. The van der Waals surface area contributed by atoms with Crippen molar-refractivity contribution < 1.29 is 13.5 Å². The second-order valence-corrected chi connectivity index (χ2v) is 9.02. The van der Waals surface area contributed by atoms with Crippen molar-refractivity contribution in [1.82, 2.24) is 10.6 Å². The minimum atomic E-state index is -3.19. The molecule has 0 aliphatic heterocycles. The third kappa shape index (κ3) is 6.49. The minimum Gasteiger partial charge on any atom is -0.388 e. The summed E-state index contributed by atoms with van der Waals surface area (Å²) in [4.78, 5) is 4.35. The van der Waals surface area contributed by atoms with Crippen LogP contribution >= 0.6 is 0 Å². The Morgan fingerprint density at radius 1 is 1.25 bits per heavy atom. The van der Waals surface area contributed by atoms with Gasteiger partial charge in [0.2, 0.25) is 0 Å². The van der Waals surface area contributed by atoms with Gasteiger partial charge in [-0.3, -0.25) is 4.99 Å². The molecule has 1 atom stereocenters. The molecule has 0 bridgehead atoms. The molecule has 1 rings (SSSR count). The minimum absolute atomic E-state index is 0.169. The van der Waals surface area contributed by atoms with Crippen molar-refractivity contribution in [2.75, 3.05) is 25.9 Å². The topological polar surface area (TPSA) is 90.8 Å². The molecule has 136 valence electrons. The molecule has 0 fully saturated rings. The molecule has 0 radical (unpaired) electrons. The first kappa shape index (κ1) is 20.4. The number of guanidine groups is 1. The summed E-state index contributed by atoms with van der Waals surface area (Å²) in [6.45, 7) is 6.64. The number of nitrogens with one attached hydrogen (secondary N) is 2. The molecular weight excluding hydrogens is 326 g/mol. The molecule has 0 spiro atoms. The highest BCUT2D eigenvalue weighted by molar-refractivity contribution is 7.92. The van der Waals surface area contributed by atoms with E-state index in [1.807, 2.05) is 37.3 Å². The van der Waals surface area contributed by atoms with E-state index in [4.69, 9.17) is 0 Å². The van der Waals surface area contributed by atoms with E-state index >= 15 is 0 Å². The molecule has 1 aromatic carbocycles. The van der Waals surface area contributed by atoms with Crippen LogP contribution in [-0.4, -0.2) is 50.1 Å². The Morgan fingerprint density at radius 3 is 2.42 bits per heavy atom. The van der Waals surface area contributed by atoms with Crippen LogP contribution in [0, 0.1) is 0 Å². The van der Waals surface area contributed by atoms with Gasteiger partial charge in [-0.2, -0.15) is 0 Å². The van der Waals surface area contributed by atoms with Crippen LogP contribution in [-0.2, 0) is 9.84 Å². The lowest BCUT2D eigenvalue weighted by molar-refractivity contribution is 0.168. The fraction of sp³-hybridized carbons (Fsp3) is 0.588. The first-order valence-electron chi connectivity index (χ1n) is 8.12. The lowest BCUT2D eigenvalue weighted by Gasteiger charge is -2.21. The van der Waals surface area contributed by atoms with Crippen LogP contribution in [0.15, 0.2) is 35.3 Å². The molecular formula is C17H29N3O3S. The van der Waals surface area contributed by atoms with Crippen LogP contribution in [0.2, 0.25) is 0 Å². The average Bonchev–Trinajstić information content (AvgIpc) is 2.52. The standard InChI is InChI=1S/C17H29N3O3S/c1-5-18-16(20-13-17(2,3)24(4,22)23)19-12-11-15(21)14-9-7-6-8-10-14/h6-10,15,21H,5,11-13H2,1-4H3,(H2,18,19,20). The van der Waals surface area contributed by atoms with E-state index in [0.29, 0.717) is 25.5 Å². The molecule has 0 aliphatic rings. The van der Waals surface area contributed by atoms with Gasteiger partial charge in [0, 0.05) is 19.3 Å². The maximum absolute atomic E-state index is 11.7. The van der Waals surface area contributed by atoms with Crippen molar-refractivity contribution >= 4 is 15.8 Å². The number of benzene rings is 1. The normalized spacial score (nSPS) is 14.3. The number of rotatable bonds is 8. The summed E-state index contributed by atoms with van der Waals surface area (Å²) < 4.78 is 22.6. The van der Waals surface area contributed by atoms with Crippen molar-refractivity contribution in [1.29, 1.82) is 0 Å². The highest BCUT2D eigenvalue weighted by Gasteiger charge is 2.29. The summed E-state index contributed by atoms with van der Waals surface area (Å²) in [5.41, 5.74) is 0.874. The first-order valence-corrected chi connectivity index (χ1v) is 10.0. The Balaban J connectivity index is 2.59. The van der Waals surface area contributed by atoms with Gasteiger partial charge in [0.25, 0.3) is 0 Å². The predicted molar refractivity (Wildman–Crippen MR) is 98.9 cm³/mol. The Kier molecular flexibility index (Phi) is 7.69. The number of aliphatic imine (C=N–C) groups is 1. The van der Waals surface area contributed by atoms with Crippen LogP contribution in [0.4, 0.5) is 0 Å². The van der Waals surface area contributed by atoms with Crippen LogP contribution in [0.3, 0.4) is 0 Å². The highest BCUT2D eigenvalue weighted by atomic mass is 32.2. The zero-order valence-electron chi connectivity index (χ0n) is 14.9. The van der Waals surface area contributed by atoms with Gasteiger partial charge in [-0.25, -0.2) is 8.42 Å². The molecule has 0 aliphatic carbocycles. The maximum Gasteiger partial charge on any atom is 0.191 e. The SMILES string of the molecule is CCNC(=NCC(C)(C)S(C)(=O)=O)NCCC(O)c1ccccc1. The number of nitrogens with zero attached hydrogens (tertiary/aromatic N) is 1. The Bertz CT molecular complexity index is 628. The zero-order chi connectivity index (χ0) is 18.2. The lowest BCUT2D eigenvalue weighted by atomic mass is 10.1. The van der Waals surface area contributed by atoms with Crippen LogP contribution in [0.25, 0.3) is 0 Å². The smallest absolute Gasteiger partial charge is 0.191 e. The van der Waals surface area contributed by atoms with E-state index in [2.05, 4.69) is 15.6 Å². The maximum atomic E-state index is 11.7. The van der Waals surface area contributed by atoms with Gasteiger partial charge in [0.15, 0.2) is 15.8 Å². The van der Waals surface area contributed by atoms with E-state index in [1.165, 1.54) is 6.26 Å². The van der Waals surface area contributed by atoms with Gasteiger partial charge in [0.05, 0.1) is 17.4 Å². The van der Waals surface area contributed by atoms with E-state index < -0.39 is 20.7 Å². The fourth-order valence-corrected chi connectivity index (χ4v) is 2.20. The molecule has 3 N–H and O–H groups in total. The van der Waals surface area contributed by atoms with Crippen LogP contribution in [0.5, 0.6) is 0 Å². The summed E-state index contributed by atoms with van der Waals surface area (Å²) in [6.07, 6.45) is 1.21. The third-order valence-corrected chi connectivity index (χ3v) is 6.00. The zero-order valence-corrected chi connectivity index (χ0v) is 15.7. The average molecular weight is 356 g/mol. The van der Waals surface area contributed by atoms with Gasteiger partial charge >= 0.3 is 0 Å². The van der Waals surface area contributed by atoms with E-state index in [9.17, 15) is 13.5 Å². The number of aliphatic hydroxyl groups excluding tert-OH is 1. The number of hydrogen-bond donors (Lipinski definition) is 3. The molecule has 6 nitrogen and oxygen atoms in total. The van der Waals surface area contributed by atoms with Gasteiger partial charge in [-0.15, -0.1) is 0 Å². The molecule has 0 saturated carbocycles. The third-order valence-electron chi connectivity index (χ3n) is 3.86. The summed E-state index contributed by atoms with van der Waals surface area (Å²) in [5.74, 6) is 0.550. The van der Waals surface area contributed by atoms with Crippen LogP contribution < -0.4 is 10.6 Å². The number of aliphatic hydroxyl groups is 1. The Labute approximate surface area is 145 Å². The first-order chi connectivity index (χ1) is 11.2. The second kappa shape index (κ2) is 9.03. The Hall–Kier alpha value is -1.60. The van der Waals surface area contributed by atoms with Crippen molar-refractivity contribution in [3.05, 3.63) is 35.9 Å². The fourth-order valence-electron chi connectivity index (χ4n) is 1.90. The largest absolute Gasteiger partial charge is 0.388 e. The van der Waals surface area contributed by atoms with E-state index in [-0.39, 0.29) is 6.54 Å². The summed E-state index contributed by atoms with van der Waals surface area (Å²) in [6, 6.07) is 9.47. The van der Waals surface area contributed by atoms with Crippen molar-refractivity contribution in [2.24, 2.45) is 4.99 Å². The van der Waals surface area contributed by atoms with Crippen molar-refractivity contribution in [3.8, 4) is 0 Å². The van der Waals surface area contributed by atoms with Crippen molar-refractivity contribution in [2.45, 2.75) is 38.0 Å². The van der Waals surface area contributed by atoms with Gasteiger partial charge in [-0.1, -0.05) is 30.3 Å². The highest BCUT2D eigenvalue weighted by Crippen LogP contribution is 2.16. The molecule has 7 heteroatoms. The molecule has 0 heterocycles. The van der Waals surface area contributed by atoms with Gasteiger partial charge in [0.1, 0.15) is 0 Å². The molecule has 0 amide bonds. The molecule has 1 unspecified atom stereocenters. The van der Waals surface area contributed by atoms with Crippen molar-refractivity contribution in [3.63, 3.8) is 0 Å². The van der Waals surface area contributed by atoms with Crippen LogP contribution in [0.1, 0.15) is 38.9 Å². The Morgan fingerprint density at radius 2 is 1.88 bits per heavy atom. The molecule has 0 saturated heterocycles.